The molecule has 0 atom stereocenters. The van der Waals surface area contributed by atoms with E-state index in [0.29, 0.717) is 22.9 Å². The van der Waals surface area contributed by atoms with Gasteiger partial charge in [0.15, 0.2) is 5.82 Å². The van der Waals surface area contributed by atoms with Gasteiger partial charge in [0.1, 0.15) is 0 Å². The van der Waals surface area contributed by atoms with Gasteiger partial charge >= 0.3 is 0 Å². The third-order valence-corrected chi connectivity index (χ3v) is 13.2. The van der Waals surface area contributed by atoms with Crippen LogP contribution < -0.4 is 9.80 Å². The third-order valence-electron chi connectivity index (χ3n) is 13.2. The van der Waals surface area contributed by atoms with Crippen LogP contribution in [0, 0.1) is 13.1 Å². The number of fused-ring (bicyclic) bond motifs is 3. The summed E-state index contributed by atoms with van der Waals surface area (Å²) in [6.07, 6.45) is 0. The van der Waals surface area contributed by atoms with Crippen LogP contribution >= 0.6 is 0 Å². The maximum absolute atomic E-state index is 8.71. The molecule has 73 heavy (non-hydrogen) atoms. The third kappa shape index (κ3) is 8.40. The molecule has 0 amide bonds. The zero-order valence-corrected chi connectivity index (χ0v) is 39.5. The molecule has 0 radical (unpaired) electrons. The first-order valence-electron chi connectivity index (χ1n) is 24.0. The normalized spacial score (nSPS) is 11.0. The molecular weight excluding hydrogens is 891 g/mol. The second-order valence-electron chi connectivity index (χ2n) is 17.6. The molecule has 0 fully saturated rings. The zero-order valence-electron chi connectivity index (χ0n) is 39.5. The number of benzene rings is 10. The molecule has 0 saturated heterocycles. The molecule has 0 saturated carbocycles. The predicted octanol–water partition coefficient (Wildman–Crippen LogP) is 18.3. The number of rotatable bonds is 11. The molecular formula is C66H43N7. The molecule has 12 rings (SSSR count). The molecule has 12 aromatic rings. The molecule has 0 spiro atoms. The summed E-state index contributed by atoms with van der Waals surface area (Å²) in [5, 5.41) is 1.96. The molecule has 0 N–H and O–H groups in total. The van der Waals surface area contributed by atoms with E-state index in [0.717, 1.165) is 95.1 Å². The molecule has 0 aliphatic carbocycles. The van der Waals surface area contributed by atoms with Crippen LogP contribution in [0.25, 0.3) is 82.2 Å². The van der Waals surface area contributed by atoms with E-state index in [9.17, 15) is 0 Å². The van der Waals surface area contributed by atoms with E-state index in [1.807, 2.05) is 103 Å². The Morgan fingerprint density at radius 1 is 0.315 bits per heavy atom. The summed E-state index contributed by atoms with van der Waals surface area (Å²) in [6, 6.07) is 88.7. The monoisotopic (exact) mass is 933 g/mol. The summed E-state index contributed by atoms with van der Waals surface area (Å²) >= 11 is 0. The highest BCUT2D eigenvalue weighted by atomic mass is 15.2. The number of para-hydroxylation sites is 4. The molecule has 2 heterocycles. The topological polar surface area (TPSA) is 45.9 Å². The smallest absolute Gasteiger partial charge is 0.200 e. The summed E-state index contributed by atoms with van der Waals surface area (Å²) in [7, 11) is 0. The summed E-state index contributed by atoms with van der Waals surface area (Å²) in [5.74, 6) is 0.645. The van der Waals surface area contributed by atoms with Crippen LogP contribution in [0.2, 0.25) is 0 Å². The average Bonchev–Trinajstić information content (AvgIpc) is 3.79. The van der Waals surface area contributed by atoms with Crippen molar-refractivity contribution in [3.05, 3.63) is 284 Å². The maximum atomic E-state index is 8.71. The predicted molar refractivity (Wildman–Crippen MR) is 300 cm³/mol. The minimum Gasteiger partial charge on any atom is -0.329 e. The summed E-state index contributed by atoms with van der Waals surface area (Å²) in [6.45, 7) is 17.4. The molecule has 7 nitrogen and oxygen atoms in total. The van der Waals surface area contributed by atoms with Crippen molar-refractivity contribution in [3.63, 3.8) is 0 Å². The van der Waals surface area contributed by atoms with Crippen LogP contribution in [0.3, 0.4) is 0 Å². The largest absolute Gasteiger partial charge is 0.329 e. The van der Waals surface area contributed by atoms with Crippen molar-refractivity contribution in [2.75, 3.05) is 9.80 Å². The summed E-state index contributed by atoms with van der Waals surface area (Å²) in [5.41, 5.74) is 15.2. The van der Waals surface area contributed by atoms with Gasteiger partial charge in [-0.3, -0.25) is 0 Å². The van der Waals surface area contributed by atoms with E-state index in [2.05, 4.69) is 182 Å². The SMILES string of the molecule is [C-]#[N+]c1cc(-c2ccc(-c3cc(-c4ccccc4)nc(-c4ccccc4)n3)cc2)cc([N+]#[C-])c1-n1c2ccc(N(c3ccccc3)c3ccccc3)cc2c2cc(N(c3ccccc3)c3ccccc3)ccc21. The minimum absolute atomic E-state index is 0.376. The lowest BCUT2D eigenvalue weighted by Crippen LogP contribution is -2.09. The molecule has 10 aromatic carbocycles. The van der Waals surface area contributed by atoms with Crippen molar-refractivity contribution in [2.45, 2.75) is 0 Å². The molecule has 0 bridgehead atoms. The van der Waals surface area contributed by atoms with E-state index in [-0.39, 0.29) is 0 Å². The van der Waals surface area contributed by atoms with Gasteiger partial charge in [-0.2, -0.15) is 0 Å². The minimum atomic E-state index is 0.376. The lowest BCUT2D eigenvalue weighted by atomic mass is 10.00. The number of hydrogen-bond acceptors (Lipinski definition) is 4. The van der Waals surface area contributed by atoms with E-state index in [1.165, 1.54) is 0 Å². The molecule has 7 heteroatoms. The molecule has 2 aromatic heterocycles. The summed E-state index contributed by atoms with van der Waals surface area (Å²) < 4.78 is 2.11. The second kappa shape index (κ2) is 19.2. The first-order valence-corrected chi connectivity index (χ1v) is 24.0. The first kappa shape index (κ1) is 43.9. The van der Waals surface area contributed by atoms with Gasteiger partial charge in [-0.15, -0.1) is 0 Å². The Balaban J connectivity index is 1.01. The van der Waals surface area contributed by atoms with Crippen molar-refractivity contribution >= 4 is 67.3 Å². The quantitative estimate of drug-likeness (QED) is 0.121. The van der Waals surface area contributed by atoms with Crippen LogP contribution in [-0.4, -0.2) is 14.5 Å². The fraction of sp³-hybridized carbons (Fsp3) is 0. The van der Waals surface area contributed by atoms with Crippen molar-refractivity contribution in [3.8, 4) is 50.7 Å². The van der Waals surface area contributed by atoms with E-state index in [4.69, 9.17) is 23.1 Å². The van der Waals surface area contributed by atoms with Crippen molar-refractivity contribution in [1.29, 1.82) is 0 Å². The number of hydrogen-bond donors (Lipinski definition) is 0. The molecule has 0 aliphatic heterocycles. The van der Waals surface area contributed by atoms with Gasteiger partial charge in [0, 0.05) is 61.6 Å². The van der Waals surface area contributed by atoms with E-state index >= 15 is 0 Å². The number of aromatic nitrogens is 3. The van der Waals surface area contributed by atoms with Crippen molar-refractivity contribution in [1.82, 2.24) is 14.5 Å². The number of nitrogens with zero attached hydrogens (tertiary/aromatic N) is 7. The lowest BCUT2D eigenvalue weighted by molar-refractivity contribution is 1.18. The second-order valence-corrected chi connectivity index (χ2v) is 17.6. The van der Waals surface area contributed by atoms with Gasteiger partial charge in [0.05, 0.1) is 41.3 Å². The average molecular weight is 934 g/mol. The first-order chi connectivity index (χ1) is 36.1. The maximum Gasteiger partial charge on any atom is 0.200 e. The fourth-order valence-electron chi connectivity index (χ4n) is 9.79. The Morgan fingerprint density at radius 2 is 0.671 bits per heavy atom. The highest BCUT2D eigenvalue weighted by molar-refractivity contribution is 6.13. The van der Waals surface area contributed by atoms with Crippen LogP contribution in [-0.2, 0) is 0 Å². The summed E-state index contributed by atoms with van der Waals surface area (Å²) in [4.78, 5) is 22.9. The standard InChI is InChI=1S/C66H43N7/c1-67-61-41-50(46-33-35-48(36-34-46)60-45-59(47-21-9-3-10-22-47)69-66(70-60)49-23-11-4-12-24-49)42-62(68-2)65(61)73-63-39-37-55(71(51-25-13-5-14-26-51)52-27-15-6-16-28-52)43-57(63)58-44-56(38-40-64(58)73)72(53-29-17-7-18-30-53)54-31-19-8-20-32-54/h3-45H. The van der Waals surface area contributed by atoms with Gasteiger partial charge in [0.2, 0.25) is 11.4 Å². The van der Waals surface area contributed by atoms with Crippen LogP contribution in [0.15, 0.2) is 261 Å². The van der Waals surface area contributed by atoms with Gasteiger partial charge in [-0.05, 0) is 114 Å². The molecule has 0 aliphatic rings. The van der Waals surface area contributed by atoms with Gasteiger partial charge in [-0.1, -0.05) is 158 Å². The van der Waals surface area contributed by atoms with E-state index in [1.54, 1.807) is 0 Å². The molecule has 0 unspecified atom stereocenters. The molecule has 342 valence electrons. The van der Waals surface area contributed by atoms with Crippen LogP contribution in [0.5, 0.6) is 0 Å². The van der Waals surface area contributed by atoms with Gasteiger partial charge in [-0.25, -0.2) is 19.7 Å². The Bertz CT molecular complexity index is 3700. The zero-order chi connectivity index (χ0) is 49.1. The fourth-order valence-corrected chi connectivity index (χ4v) is 9.79. The van der Waals surface area contributed by atoms with Crippen molar-refractivity contribution in [2.24, 2.45) is 0 Å². The van der Waals surface area contributed by atoms with Crippen LogP contribution in [0.4, 0.5) is 45.5 Å². The number of anilines is 6. The Morgan fingerprint density at radius 3 is 1.07 bits per heavy atom. The van der Waals surface area contributed by atoms with Gasteiger partial charge in [0.25, 0.3) is 0 Å². The Kier molecular flexibility index (Phi) is 11.6. The Hall–Kier alpha value is -10.3. The van der Waals surface area contributed by atoms with Crippen LogP contribution in [0.1, 0.15) is 0 Å². The highest BCUT2D eigenvalue weighted by Gasteiger charge is 2.24. The Labute approximate surface area is 424 Å². The van der Waals surface area contributed by atoms with Gasteiger partial charge < -0.3 is 14.4 Å². The lowest BCUT2D eigenvalue weighted by Gasteiger charge is -2.26. The van der Waals surface area contributed by atoms with Crippen molar-refractivity contribution < 1.29 is 0 Å². The highest BCUT2D eigenvalue weighted by Crippen LogP contribution is 2.47. The van der Waals surface area contributed by atoms with E-state index < -0.39 is 0 Å².